The van der Waals surface area contributed by atoms with Crippen LogP contribution in [0.1, 0.15) is 20.7 Å². The van der Waals surface area contributed by atoms with E-state index < -0.39 is 0 Å². The third-order valence-electron chi connectivity index (χ3n) is 5.27. The largest absolute Gasteiger partial charge is 0.378 e. The molecule has 0 N–H and O–H groups in total. The molecule has 29 heavy (non-hydrogen) atoms. The van der Waals surface area contributed by atoms with E-state index in [9.17, 15) is 9.59 Å². The van der Waals surface area contributed by atoms with Gasteiger partial charge in [-0.1, -0.05) is 11.6 Å². The summed E-state index contributed by atoms with van der Waals surface area (Å²) in [5, 5.41) is 0.601. The number of hydrogen-bond acceptors (Lipinski definition) is 5. The summed E-state index contributed by atoms with van der Waals surface area (Å²) >= 11 is 5.90. The number of aromatic nitrogens is 1. The lowest BCUT2D eigenvalue weighted by atomic mass is 10.1. The van der Waals surface area contributed by atoms with Crippen molar-refractivity contribution < 1.29 is 14.3 Å². The fourth-order valence-corrected chi connectivity index (χ4v) is 3.78. The van der Waals surface area contributed by atoms with Crippen LogP contribution in [-0.2, 0) is 4.74 Å². The number of nitrogens with zero attached hydrogens (tertiary/aromatic N) is 4. The molecule has 7 nitrogen and oxygen atoms in total. The first kappa shape index (κ1) is 19.7. The maximum atomic E-state index is 13.2. The molecule has 0 atom stereocenters. The van der Waals surface area contributed by atoms with E-state index in [1.165, 1.54) is 0 Å². The van der Waals surface area contributed by atoms with E-state index in [2.05, 4.69) is 9.88 Å². The Bertz CT molecular complexity index is 876. The average molecular weight is 415 g/mol. The monoisotopic (exact) mass is 414 g/mol. The molecule has 0 aliphatic carbocycles. The number of benzene rings is 1. The van der Waals surface area contributed by atoms with E-state index >= 15 is 0 Å². The second-order valence-electron chi connectivity index (χ2n) is 7.07. The molecule has 0 radical (unpaired) electrons. The van der Waals surface area contributed by atoms with Crippen LogP contribution >= 0.6 is 11.6 Å². The van der Waals surface area contributed by atoms with Crippen molar-refractivity contribution in [1.82, 2.24) is 14.8 Å². The van der Waals surface area contributed by atoms with E-state index in [1.807, 2.05) is 6.07 Å². The van der Waals surface area contributed by atoms with Gasteiger partial charge in [0.25, 0.3) is 11.8 Å². The molecule has 0 spiro atoms. The van der Waals surface area contributed by atoms with Gasteiger partial charge in [0.2, 0.25) is 0 Å². The molecule has 1 aromatic carbocycles. The number of rotatable bonds is 3. The van der Waals surface area contributed by atoms with Crippen LogP contribution in [0.25, 0.3) is 0 Å². The molecular formula is C21H23ClN4O3. The van der Waals surface area contributed by atoms with Crippen LogP contribution in [0.5, 0.6) is 0 Å². The van der Waals surface area contributed by atoms with Crippen molar-refractivity contribution in [1.29, 1.82) is 0 Å². The second-order valence-corrected chi connectivity index (χ2v) is 7.50. The Kier molecular flexibility index (Phi) is 5.97. The van der Waals surface area contributed by atoms with Gasteiger partial charge in [-0.25, -0.2) is 4.98 Å². The highest BCUT2D eigenvalue weighted by atomic mass is 35.5. The Hall–Kier alpha value is -2.64. The molecular weight excluding hydrogens is 392 g/mol. The maximum absolute atomic E-state index is 13.2. The number of carbonyl (C=O) groups is 2. The summed E-state index contributed by atoms with van der Waals surface area (Å²) in [7, 11) is 0. The maximum Gasteiger partial charge on any atom is 0.257 e. The highest BCUT2D eigenvalue weighted by Crippen LogP contribution is 2.21. The van der Waals surface area contributed by atoms with Gasteiger partial charge in [-0.2, -0.15) is 0 Å². The molecule has 0 saturated carbocycles. The highest BCUT2D eigenvalue weighted by molar-refractivity contribution is 6.30. The first-order chi connectivity index (χ1) is 14.1. The molecule has 2 amide bonds. The third-order valence-corrected chi connectivity index (χ3v) is 5.52. The van der Waals surface area contributed by atoms with Gasteiger partial charge in [-0.15, -0.1) is 0 Å². The minimum Gasteiger partial charge on any atom is -0.378 e. The summed E-state index contributed by atoms with van der Waals surface area (Å²) < 4.78 is 5.41. The SMILES string of the molecule is O=C(c1ccc(Cl)cc1)N1CCN(C(=O)c2cccnc2N2CCOCC2)CC1. The Balaban J connectivity index is 1.42. The summed E-state index contributed by atoms with van der Waals surface area (Å²) in [5.41, 5.74) is 1.21. The molecule has 2 fully saturated rings. The van der Waals surface area contributed by atoms with Crippen molar-refractivity contribution in [2.75, 3.05) is 57.4 Å². The fourth-order valence-electron chi connectivity index (χ4n) is 3.65. The van der Waals surface area contributed by atoms with Crippen molar-refractivity contribution in [3.8, 4) is 0 Å². The molecule has 0 bridgehead atoms. The van der Waals surface area contributed by atoms with Gasteiger partial charge in [0.1, 0.15) is 5.82 Å². The minimum absolute atomic E-state index is 0.0378. The van der Waals surface area contributed by atoms with Crippen molar-refractivity contribution in [3.05, 3.63) is 58.7 Å². The highest BCUT2D eigenvalue weighted by Gasteiger charge is 2.28. The fraction of sp³-hybridized carbons (Fsp3) is 0.381. The lowest BCUT2D eigenvalue weighted by Gasteiger charge is -2.36. The van der Waals surface area contributed by atoms with E-state index in [-0.39, 0.29) is 11.8 Å². The van der Waals surface area contributed by atoms with E-state index in [4.69, 9.17) is 16.3 Å². The van der Waals surface area contributed by atoms with Gasteiger partial charge < -0.3 is 19.4 Å². The number of morpholine rings is 1. The number of piperazine rings is 1. The average Bonchev–Trinajstić information content (AvgIpc) is 2.79. The number of carbonyl (C=O) groups excluding carboxylic acids is 2. The van der Waals surface area contributed by atoms with Crippen LogP contribution < -0.4 is 4.90 Å². The van der Waals surface area contributed by atoms with Crippen molar-refractivity contribution in [2.45, 2.75) is 0 Å². The lowest BCUT2D eigenvalue weighted by Crippen LogP contribution is -2.51. The molecule has 2 aliphatic heterocycles. The Morgan fingerprint density at radius 3 is 2.14 bits per heavy atom. The van der Waals surface area contributed by atoms with Gasteiger partial charge in [-0.05, 0) is 36.4 Å². The molecule has 2 saturated heterocycles. The van der Waals surface area contributed by atoms with Gasteiger partial charge in [0.15, 0.2) is 0 Å². The van der Waals surface area contributed by atoms with Crippen LogP contribution in [0.15, 0.2) is 42.6 Å². The lowest BCUT2D eigenvalue weighted by molar-refractivity contribution is 0.0535. The quantitative estimate of drug-likeness (QED) is 0.770. The van der Waals surface area contributed by atoms with Crippen molar-refractivity contribution in [2.24, 2.45) is 0 Å². The third kappa shape index (κ3) is 4.36. The summed E-state index contributed by atoms with van der Waals surface area (Å²) in [5.74, 6) is 0.628. The summed E-state index contributed by atoms with van der Waals surface area (Å²) in [6.45, 7) is 4.71. The summed E-state index contributed by atoms with van der Waals surface area (Å²) in [6.07, 6.45) is 1.71. The standard InChI is InChI=1S/C21H23ClN4O3/c22-17-5-3-16(4-6-17)20(27)25-8-10-26(11-9-25)21(28)18-2-1-7-23-19(18)24-12-14-29-15-13-24/h1-7H,8-15H2. The topological polar surface area (TPSA) is 66.0 Å². The Labute approximate surface area is 174 Å². The molecule has 0 unspecified atom stereocenters. The first-order valence-corrected chi connectivity index (χ1v) is 10.1. The Morgan fingerprint density at radius 2 is 1.48 bits per heavy atom. The number of halogens is 1. The number of pyridine rings is 1. The number of amides is 2. The summed E-state index contributed by atoms with van der Waals surface area (Å²) in [6, 6.07) is 10.5. The first-order valence-electron chi connectivity index (χ1n) is 9.75. The molecule has 3 heterocycles. The normalized spacial score (nSPS) is 17.3. The number of hydrogen-bond donors (Lipinski definition) is 0. The molecule has 2 aliphatic rings. The molecule has 152 valence electrons. The van der Waals surface area contributed by atoms with E-state index in [1.54, 1.807) is 46.3 Å². The zero-order valence-electron chi connectivity index (χ0n) is 16.1. The van der Waals surface area contributed by atoms with E-state index in [0.717, 1.165) is 13.1 Å². The molecule has 4 rings (SSSR count). The van der Waals surface area contributed by atoms with Crippen LogP contribution in [0.2, 0.25) is 5.02 Å². The second kappa shape index (κ2) is 8.80. The van der Waals surface area contributed by atoms with Crippen LogP contribution in [-0.4, -0.2) is 79.1 Å². The van der Waals surface area contributed by atoms with Gasteiger partial charge in [0.05, 0.1) is 18.8 Å². The predicted octanol–water partition coefficient (Wildman–Crippen LogP) is 2.17. The number of anilines is 1. The Morgan fingerprint density at radius 1 is 0.862 bits per heavy atom. The zero-order valence-corrected chi connectivity index (χ0v) is 16.8. The van der Waals surface area contributed by atoms with Crippen molar-refractivity contribution >= 4 is 29.2 Å². The van der Waals surface area contributed by atoms with Crippen molar-refractivity contribution in [3.63, 3.8) is 0 Å². The molecule has 2 aromatic rings. The van der Waals surface area contributed by atoms with E-state index in [0.29, 0.717) is 61.4 Å². The smallest absolute Gasteiger partial charge is 0.257 e. The molecule has 8 heteroatoms. The van der Waals surface area contributed by atoms with Gasteiger partial charge >= 0.3 is 0 Å². The molecule has 1 aromatic heterocycles. The predicted molar refractivity (Wildman–Crippen MR) is 111 cm³/mol. The van der Waals surface area contributed by atoms with Crippen LogP contribution in [0, 0.1) is 0 Å². The minimum atomic E-state index is -0.0433. The number of ether oxygens (including phenoxy) is 1. The summed E-state index contributed by atoms with van der Waals surface area (Å²) in [4.78, 5) is 36.0. The van der Waals surface area contributed by atoms with Crippen LogP contribution in [0.4, 0.5) is 5.82 Å². The van der Waals surface area contributed by atoms with Gasteiger partial charge in [0, 0.05) is 56.1 Å². The zero-order chi connectivity index (χ0) is 20.2. The van der Waals surface area contributed by atoms with Crippen LogP contribution in [0.3, 0.4) is 0 Å². The van der Waals surface area contributed by atoms with Gasteiger partial charge in [-0.3, -0.25) is 9.59 Å².